The average Bonchev–Trinajstić information content (AvgIpc) is 2.21. The molecular formula is C10H11NO2W. The van der Waals surface area contributed by atoms with Crippen molar-refractivity contribution in [3.05, 3.63) is 35.9 Å². The summed E-state index contributed by atoms with van der Waals surface area (Å²) in [5.74, 6) is -0.270. The van der Waals surface area contributed by atoms with Gasteiger partial charge >= 0.3 is 94.1 Å². The summed E-state index contributed by atoms with van der Waals surface area (Å²) in [5, 5.41) is 0. The molecule has 0 heterocycles. The van der Waals surface area contributed by atoms with Crippen molar-refractivity contribution in [1.82, 2.24) is 0 Å². The van der Waals surface area contributed by atoms with Gasteiger partial charge < -0.3 is 0 Å². The minimum absolute atomic E-state index is 0.270. The summed E-state index contributed by atoms with van der Waals surface area (Å²) in [6.45, 7) is 2.19. The van der Waals surface area contributed by atoms with Gasteiger partial charge in [0.2, 0.25) is 0 Å². The van der Waals surface area contributed by atoms with E-state index in [0.29, 0.717) is 6.61 Å². The van der Waals surface area contributed by atoms with Gasteiger partial charge in [-0.05, 0) is 0 Å². The van der Waals surface area contributed by atoms with Crippen molar-refractivity contribution in [2.24, 2.45) is 3.50 Å². The van der Waals surface area contributed by atoms with Crippen molar-refractivity contribution in [2.75, 3.05) is 6.61 Å². The molecule has 0 saturated heterocycles. The van der Waals surface area contributed by atoms with Crippen LogP contribution < -0.4 is 0 Å². The second kappa shape index (κ2) is 5.81. The van der Waals surface area contributed by atoms with Crippen LogP contribution in [0.3, 0.4) is 0 Å². The molecule has 4 heteroatoms. The number of nitrogens with zero attached hydrogens (tertiary/aromatic N) is 1. The van der Waals surface area contributed by atoms with Crippen LogP contribution in [0.1, 0.15) is 18.5 Å². The molecule has 1 atom stereocenters. The maximum absolute atomic E-state index is 11.5. The van der Waals surface area contributed by atoms with E-state index in [4.69, 9.17) is 4.74 Å². The molecule has 0 spiro atoms. The zero-order chi connectivity index (χ0) is 10.4. The van der Waals surface area contributed by atoms with Gasteiger partial charge in [0.05, 0.1) is 0 Å². The van der Waals surface area contributed by atoms with E-state index >= 15 is 0 Å². The number of rotatable bonds is 4. The monoisotopic (exact) mass is 361 g/mol. The molecule has 0 aliphatic heterocycles. The Kier molecular flexibility index (Phi) is 4.67. The normalized spacial score (nSPS) is 11.8. The maximum atomic E-state index is 11.5. The molecule has 14 heavy (non-hydrogen) atoms. The summed E-state index contributed by atoms with van der Waals surface area (Å²) in [6, 6.07) is 9.01. The first kappa shape index (κ1) is 11.3. The molecule has 74 valence electrons. The van der Waals surface area contributed by atoms with Gasteiger partial charge in [-0.15, -0.1) is 0 Å². The van der Waals surface area contributed by atoms with E-state index in [9.17, 15) is 4.79 Å². The molecule has 1 aromatic rings. The number of benzene rings is 1. The molecule has 1 aromatic carbocycles. The van der Waals surface area contributed by atoms with Crippen LogP contribution in [0.25, 0.3) is 0 Å². The Morgan fingerprint density at radius 3 is 2.64 bits per heavy atom. The fourth-order valence-corrected chi connectivity index (χ4v) is 1.84. The fraction of sp³-hybridized carbons (Fsp3) is 0.300. The second-order valence-electron chi connectivity index (χ2n) is 2.67. The first-order valence-corrected chi connectivity index (χ1v) is 5.64. The van der Waals surface area contributed by atoms with Gasteiger partial charge in [0, 0.05) is 0 Å². The van der Waals surface area contributed by atoms with Crippen molar-refractivity contribution in [3.63, 3.8) is 0 Å². The number of carbonyl (C=O) groups excluding carboxylic acids is 1. The number of esters is 1. The van der Waals surface area contributed by atoms with Gasteiger partial charge in [-0.3, -0.25) is 0 Å². The Bertz CT molecular complexity index is 313. The van der Waals surface area contributed by atoms with Crippen LogP contribution in [0.4, 0.5) is 0 Å². The predicted octanol–water partition coefficient (Wildman–Crippen LogP) is 2.02. The molecule has 0 aliphatic rings. The van der Waals surface area contributed by atoms with E-state index in [2.05, 4.69) is 3.50 Å². The predicted molar refractivity (Wildman–Crippen MR) is 48.2 cm³/mol. The standard InChI is InChI=1S/C10H11NO2.W/c1-2-13-10(12)9(11)8-6-4-3-5-7-8;/h3-7,9H,2H2,1H3;. The third kappa shape index (κ3) is 2.84. The molecule has 0 fully saturated rings. The summed E-state index contributed by atoms with van der Waals surface area (Å²) in [6.07, 6.45) is 0. The summed E-state index contributed by atoms with van der Waals surface area (Å²) >= 11 is 1.03. The second-order valence-corrected chi connectivity index (χ2v) is 3.43. The molecule has 0 aliphatic carbocycles. The Labute approximate surface area is 94.2 Å². The van der Waals surface area contributed by atoms with Crippen LogP contribution in [-0.2, 0) is 29.2 Å². The quantitative estimate of drug-likeness (QED) is 0.770. The average molecular weight is 361 g/mol. The Balaban J connectivity index is 2.82. The SMILES string of the molecule is CCOC(=O)C([N]=[W])c1ccccc1. The van der Waals surface area contributed by atoms with Crippen LogP contribution in [0, 0.1) is 0 Å². The van der Waals surface area contributed by atoms with Crippen molar-refractivity contribution < 1.29 is 29.2 Å². The van der Waals surface area contributed by atoms with Crippen molar-refractivity contribution in [2.45, 2.75) is 13.0 Å². The van der Waals surface area contributed by atoms with E-state index in [0.717, 1.165) is 25.2 Å². The molecule has 0 N–H and O–H groups in total. The van der Waals surface area contributed by atoms with E-state index in [1.54, 1.807) is 6.92 Å². The molecule has 0 amide bonds. The van der Waals surface area contributed by atoms with E-state index in [1.165, 1.54) is 0 Å². The van der Waals surface area contributed by atoms with Crippen LogP contribution in [-0.4, -0.2) is 12.6 Å². The molecule has 0 bridgehead atoms. The zero-order valence-corrected chi connectivity index (χ0v) is 10.8. The van der Waals surface area contributed by atoms with Crippen molar-refractivity contribution in [1.29, 1.82) is 0 Å². The van der Waals surface area contributed by atoms with Crippen LogP contribution >= 0.6 is 0 Å². The van der Waals surface area contributed by atoms with Gasteiger partial charge in [0.1, 0.15) is 0 Å². The van der Waals surface area contributed by atoms with Crippen molar-refractivity contribution >= 4 is 5.97 Å². The van der Waals surface area contributed by atoms with E-state index in [1.807, 2.05) is 30.3 Å². The van der Waals surface area contributed by atoms with Gasteiger partial charge in [-0.25, -0.2) is 0 Å². The zero-order valence-electron chi connectivity index (χ0n) is 7.84. The Hall–Kier alpha value is -0.822. The van der Waals surface area contributed by atoms with E-state index in [-0.39, 0.29) is 5.97 Å². The van der Waals surface area contributed by atoms with Gasteiger partial charge in [-0.1, -0.05) is 0 Å². The number of carbonyl (C=O) groups is 1. The summed E-state index contributed by atoms with van der Waals surface area (Å²) in [5.41, 5.74) is 0.890. The Morgan fingerprint density at radius 2 is 2.14 bits per heavy atom. The fourth-order valence-electron chi connectivity index (χ4n) is 1.10. The molecule has 1 rings (SSSR count). The number of hydrogen-bond acceptors (Lipinski definition) is 3. The third-order valence-electron chi connectivity index (χ3n) is 1.73. The summed E-state index contributed by atoms with van der Waals surface area (Å²) < 4.78 is 9.02. The van der Waals surface area contributed by atoms with Gasteiger partial charge in [-0.2, -0.15) is 0 Å². The third-order valence-corrected chi connectivity index (χ3v) is 2.49. The van der Waals surface area contributed by atoms with Gasteiger partial charge in [0.25, 0.3) is 0 Å². The first-order chi connectivity index (χ1) is 6.79. The number of ether oxygens (including phenoxy) is 1. The molecule has 0 aromatic heterocycles. The topological polar surface area (TPSA) is 38.7 Å². The molecule has 3 nitrogen and oxygen atoms in total. The van der Waals surface area contributed by atoms with Gasteiger partial charge in [0.15, 0.2) is 0 Å². The molecule has 1 unspecified atom stereocenters. The van der Waals surface area contributed by atoms with Crippen molar-refractivity contribution in [3.8, 4) is 0 Å². The van der Waals surface area contributed by atoms with Crippen LogP contribution in [0.2, 0.25) is 0 Å². The Morgan fingerprint density at radius 1 is 1.50 bits per heavy atom. The molecular weight excluding hydrogens is 350 g/mol. The van der Waals surface area contributed by atoms with Crippen LogP contribution in [0.5, 0.6) is 0 Å². The van der Waals surface area contributed by atoms with E-state index < -0.39 is 6.04 Å². The summed E-state index contributed by atoms with van der Waals surface area (Å²) in [7, 11) is 0. The summed E-state index contributed by atoms with van der Waals surface area (Å²) in [4.78, 5) is 11.5. The molecule has 0 radical (unpaired) electrons. The van der Waals surface area contributed by atoms with Crippen LogP contribution in [0.15, 0.2) is 33.8 Å². The molecule has 0 saturated carbocycles. The minimum atomic E-state index is -0.453. The first-order valence-electron chi connectivity index (χ1n) is 4.33. The number of hydrogen-bond donors (Lipinski definition) is 0.